The maximum absolute atomic E-state index is 13.2. The number of amides is 1. The van der Waals surface area contributed by atoms with E-state index in [-0.39, 0.29) is 11.4 Å². The molecule has 0 fully saturated rings. The van der Waals surface area contributed by atoms with Gasteiger partial charge in [-0.2, -0.15) is 13.2 Å². The maximum atomic E-state index is 13.2. The largest absolute Gasteiger partial charge is 0.463 e. The van der Waals surface area contributed by atoms with Crippen LogP contribution in [0.5, 0.6) is 0 Å². The minimum atomic E-state index is -5.12. The number of nitrogens with one attached hydrogen (secondary N) is 2. The number of hydrogen-bond acceptors (Lipinski definition) is 4. The number of anilines is 1. The monoisotopic (exact) mass is 346 g/mol. The summed E-state index contributed by atoms with van der Waals surface area (Å²) in [5.74, 6) is -2.25. The normalized spacial score (nSPS) is 14.1. The number of benzene rings is 1. The molecule has 1 heterocycles. The van der Waals surface area contributed by atoms with Crippen LogP contribution in [-0.2, 0) is 10.4 Å². The van der Waals surface area contributed by atoms with Gasteiger partial charge in [-0.1, -0.05) is 0 Å². The zero-order valence-electron chi connectivity index (χ0n) is 12.4. The van der Waals surface area contributed by atoms with Gasteiger partial charge in [-0.3, -0.25) is 15.6 Å². The summed E-state index contributed by atoms with van der Waals surface area (Å²) in [7, 11) is 0. The molecular weight excluding hydrogens is 332 g/mol. The lowest BCUT2D eigenvalue weighted by Gasteiger charge is -2.28. The summed E-state index contributed by atoms with van der Waals surface area (Å²) in [5, 5.41) is 9.98. The van der Waals surface area contributed by atoms with E-state index in [0.717, 1.165) is 18.2 Å². The van der Waals surface area contributed by atoms with E-state index in [1.54, 1.807) is 0 Å². The maximum Gasteiger partial charge on any atom is 0.425 e. The third-order valence-electron chi connectivity index (χ3n) is 3.22. The fourth-order valence-electron chi connectivity index (χ4n) is 1.94. The van der Waals surface area contributed by atoms with Crippen molar-refractivity contribution in [2.75, 3.05) is 5.43 Å². The molecule has 0 radical (unpaired) electrons. The topological polar surface area (TPSA) is 74.5 Å². The smallest absolute Gasteiger partial charge is 0.425 e. The zero-order chi connectivity index (χ0) is 18.0. The van der Waals surface area contributed by atoms with Gasteiger partial charge < -0.3 is 9.52 Å². The van der Waals surface area contributed by atoms with E-state index in [2.05, 4.69) is 5.43 Å². The van der Waals surface area contributed by atoms with Crippen molar-refractivity contribution in [3.8, 4) is 0 Å². The number of aliphatic hydroxyl groups is 1. The van der Waals surface area contributed by atoms with E-state index in [9.17, 15) is 27.5 Å². The van der Waals surface area contributed by atoms with Crippen LogP contribution in [0.15, 0.2) is 40.8 Å². The standard InChI is InChI=1S/C15H14F4N2O3/c1-9-2-7-12(24-9)14(23,15(17,18)19)8-13(22)21-20-11-5-3-10(16)4-6-11/h2-7,20,23H,8H2,1H3,(H,21,22). The van der Waals surface area contributed by atoms with Crippen molar-refractivity contribution >= 4 is 11.6 Å². The fraction of sp³-hybridized carbons (Fsp3) is 0.267. The van der Waals surface area contributed by atoms with E-state index in [0.29, 0.717) is 0 Å². The van der Waals surface area contributed by atoms with Crippen LogP contribution in [0.4, 0.5) is 23.2 Å². The van der Waals surface area contributed by atoms with Gasteiger partial charge in [-0.05, 0) is 43.3 Å². The minimum absolute atomic E-state index is 0.164. The Morgan fingerprint density at radius 3 is 2.29 bits per heavy atom. The first-order valence-corrected chi connectivity index (χ1v) is 6.78. The van der Waals surface area contributed by atoms with E-state index < -0.39 is 35.7 Å². The summed E-state index contributed by atoms with van der Waals surface area (Å²) >= 11 is 0. The van der Waals surface area contributed by atoms with Crippen LogP contribution in [-0.4, -0.2) is 17.2 Å². The molecule has 1 unspecified atom stereocenters. The zero-order valence-corrected chi connectivity index (χ0v) is 12.4. The van der Waals surface area contributed by atoms with Crippen LogP contribution in [0.1, 0.15) is 17.9 Å². The molecule has 5 nitrogen and oxygen atoms in total. The fourth-order valence-corrected chi connectivity index (χ4v) is 1.94. The molecule has 1 aromatic heterocycles. The van der Waals surface area contributed by atoms with Gasteiger partial charge in [0.2, 0.25) is 11.5 Å². The first-order chi connectivity index (χ1) is 11.1. The molecule has 1 aromatic carbocycles. The average Bonchev–Trinajstić information content (AvgIpc) is 2.92. The van der Waals surface area contributed by atoms with Gasteiger partial charge in [0.25, 0.3) is 0 Å². The Labute approximate surface area is 134 Å². The molecule has 0 saturated heterocycles. The van der Waals surface area contributed by atoms with E-state index in [4.69, 9.17) is 4.42 Å². The number of hydrazine groups is 1. The van der Waals surface area contributed by atoms with Crippen LogP contribution >= 0.6 is 0 Å². The average molecular weight is 346 g/mol. The molecule has 1 amide bonds. The summed E-state index contributed by atoms with van der Waals surface area (Å²) < 4.78 is 57.2. The van der Waals surface area contributed by atoms with Gasteiger partial charge >= 0.3 is 6.18 Å². The van der Waals surface area contributed by atoms with E-state index in [1.165, 1.54) is 25.1 Å². The van der Waals surface area contributed by atoms with Crippen LogP contribution in [0, 0.1) is 12.7 Å². The highest BCUT2D eigenvalue weighted by Crippen LogP contribution is 2.42. The van der Waals surface area contributed by atoms with Gasteiger partial charge in [0.05, 0.1) is 12.1 Å². The molecule has 2 aromatic rings. The highest BCUT2D eigenvalue weighted by molar-refractivity contribution is 5.78. The third kappa shape index (κ3) is 3.85. The minimum Gasteiger partial charge on any atom is -0.463 e. The second-order valence-electron chi connectivity index (χ2n) is 5.13. The van der Waals surface area contributed by atoms with Crippen molar-refractivity contribution in [3.05, 3.63) is 53.7 Å². The van der Waals surface area contributed by atoms with Gasteiger partial charge in [0, 0.05) is 0 Å². The molecule has 3 N–H and O–H groups in total. The molecule has 9 heteroatoms. The van der Waals surface area contributed by atoms with Crippen molar-refractivity contribution in [1.82, 2.24) is 5.43 Å². The van der Waals surface area contributed by atoms with Crippen molar-refractivity contribution in [3.63, 3.8) is 0 Å². The number of halogens is 4. The van der Waals surface area contributed by atoms with Crippen LogP contribution in [0.25, 0.3) is 0 Å². The lowest BCUT2D eigenvalue weighted by molar-refractivity contribution is -0.273. The van der Waals surface area contributed by atoms with Crippen molar-refractivity contribution < 1.29 is 31.9 Å². The van der Waals surface area contributed by atoms with Gasteiger partial charge in [-0.25, -0.2) is 4.39 Å². The van der Waals surface area contributed by atoms with Crippen molar-refractivity contribution in [2.24, 2.45) is 0 Å². The van der Waals surface area contributed by atoms with Crippen molar-refractivity contribution in [2.45, 2.75) is 25.1 Å². The Morgan fingerprint density at radius 1 is 1.17 bits per heavy atom. The lowest BCUT2D eigenvalue weighted by Crippen LogP contribution is -2.46. The predicted octanol–water partition coefficient (Wildman–Crippen LogP) is 3.01. The Hall–Kier alpha value is -2.55. The molecule has 0 aliphatic carbocycles. The summed E-state index contributed by atoms with van der Waals surface area (Å²) in [4.78, 5) is 11.8. The Balaban J connectivity index is 2.09. The number of carbonyl (C=O) groups is 1. The third-order valence-corrected chi connectivity index (χ3v) is 3.22. The quantitative estimate of drug-likeness (QED) is 0.575. The number of aryl methyl sites for hydroxylation is 1. The Bertz CT molecular complexity index is 712. The molecule has 0 aliphatic heterocycles. The molecule has 0 spiro atoms. The Kier molecular flexibility index (Phi) is 4.83. The van der Waals surface area contributed by atoms with Gasteiger partial charge in [0.15, 0.2) is 0 Å². The predicted molar refractivity (Wildman–Crippen MR) is 76.2 cm³/mol. The van der Waals surface area contributed by atoms with Crippen molar-refractivity contribution in [1.29, 1.82) is 0 Å². The summed E-state index contributed by atoms with van der Waals surface area (Å²) in [5.41, 5.74) is 1.13. The van der Waals surface area contributed by atoms with Crippen LogP contribution < -0.4 is 10.9 Å². The number of alkyl halides is 3. The second-order valence-corrected chi connectivity index (χ2v) is 5.13. The molecule has 2 rings (SSSR count). The van der Waals surface area contributed by atoms with E-state index in [1.807, 2.05) is 5.43 Å². The molecular formula is C15H14F4N2O3. The van der Waals surface area contributed by atoms with Gasteiger partial charge in [0.1, 0.15) is 17.3 Å². The molecule has 130 valence electrons. The molecule has 0 bridgehead atoms. The first-order valence-electron chi connectivity index (χ1n) is 6.78. The lowest BCUT2D eigenvalue weighted by atomic mass is 9.95. The number of rotatable bonds is 5. The molecule has 0 aliphatic rings. The summed E-state index contributed by atoms with van der Waals surface area (Å²) in [6.45, 7) is 1.41. The highest BCUT2D eigenvalue weighted by Gasteiger charge is 2.58. The highest BCUT2D eigenvalue weighted by atomic mass is 19.4. The number of carbonyl (C=O) groups excluding carboxylic acids is 1. The van der Waals surface area contributed by atoms with Gasteiger partial charge in [-0.15, -0.1) is 0 Å². The molecule has 1 atom stereocenters. The number of hydrogen-bond donors (Lipinski definition) is 3. The summed E-state index contributed by atoms with van der Waals surface area (Å²) in [6, 6.07) is 6.98. The SMILES string of the molecule is Cc1ccc(C(O)(CC(=O)NNc2ccc(F)cc2)C(F)(F)F)o1. The second kappa shape index (κ2) is 6.52. The Morgan fingerprint density at radius 2 is 1.79 bits per heavy atom. The molecule has 0 saturated carbocycles. The first kappa shape index (κ1) is 17.8. The number of furan rings is 1. The van der Waals surface area contributed by atoms with E-state index >= 15 is 0 Å². The van der Waals surface area contributed by atoms with Crippen LogP contribution in [0.3, 0.4) is 0 Å². The molecule has 24 heavy (non-hydrogen) atoms. The van der Waals surface area contributed by atoms with Crippen LogP contribution in [0.2, 0.25) is 0 Å². The summed E-state index contributed by atoms with van der Waals surface area (Å²) in [6.07, 6.45) is -6.43.